The maximum atomic E-state index is 13.3. The van der Waals surface area contributed by atoms with Crippen molar-refractivity contribution in [1.29, 1.82) is 0 Å². The van der Waals surface area contributed by atoms with Crippen molar-refractivity contribution in [2.75, 3.05) is 11.9 Å². The zero-order valence-electron chi connectivity index (χ0n) is 17.4. The van der Waals surface area contributed by atoms with Gasteiger partial charge >= 0.3 is 6.18 Å². The molecular formula is C23H20ClF3N2O3S. The predicted molar refractivity (Wildman–Crippen MR) is 120 cm³/mol. The molecule has 0 aliphatic heterocycles. The number of sulfonamides is 1. The van der Waals surface area contributed by atoms with E-state index in [0.29, 0.717) is 10.6 Å². The third-order valence-electron chi connectivity index (χ3n) is 4.70. The first-order valence-electron chi connectivity index (χ1n) is 9.73. The lowest BCUT2D eigenvalue weighted by atomic mass is 10.2. The summed E-state index contributed by atoms with van der Waals surface area (Å²) in [6, 6.07) is 16.8. The first-order valence-corrected chi connectivity index (χ1v) is 11.6. The molecule has 0 aliphatic carbocycles. The summed E-state index contributed by atoms with van der Waals surface area (Å²) < 4.78 is 66.3. The lowest BCUT2D eigenvalue weighted by molar-refractivity contribution is -0.137. The van der Waals surface area contributed by atoms with Crippen LogP contribution in [0, 0.1) is 6.92 Å². The molecule has 0 saturated carbocycles. The third-order valence-corrected chi connectivity index (χ3v) is 6.74. The van der Waals surface area contributed by atoms with E-state index in [1.807, 2.05) is 6.92 Å². The van der Waals surface area contributed by atoms with E-state index in [9.17, 15) is 26.4 Å². The number of amides is 1. The van der Waals surface area contributed by atoms with Gasteiger partial charge < -0.3 is 5.32 Å². The second-order valence-electron chi connectivity index (χ2n) is 7.34. The molecule has 3 rings (SSSR count). The smallest absolute Gasteiger partial charge is 0.325 e. The van der Waals surface area contributed by atoms with E-state index in [2.05, 4.69) is 5.32 Å². The van der Waals surface area contributed by atoms with Crippen molar-refractivity contribution in [3.05, 3.63) is 94.5 Å². The number of anilines is 1. The van der Waals surface area contributed by atoms with Gasteiger partial charge in [-0.25, -0.2) is 8.42 Å². The number of carbonyl (C=O) groups is 1. The molecule has 5 nitrogen and oxygen atoms in total. The molecule has 0 spiro atoms. The van der Waals surface area contributed by atoms with Gasteiger partial charge in [0.25, 0.3) is 0 Å². The van der Waals surface area contributed by atoms with Crippen LogP contribution in [0.15, 0.2) is 77.7 Å². The van der Waals surface area contributed by atoms with Gasteiger partial charge in [-0.15, -0.1) is 0 Å². The molecule has 0 bridgehead atoms. The fraction of sp³-hybridized carbons (Fsp3) is 0.174. The van der Waals surface area contributed by atoms with Crippen LogP contribution in [0.2, 0.25) is 5.02 Å². The summed E-state index contributed by atoms with van der Waals surface area (Å²) in [6.07, 6.45) is -4.58. The molecule has 0 aromatic heterocycles. The van der Waals surface area contributed by atoms with Crippen molar-refractivity contribution in [2.24, 2.45) is 0 Å². The van der Waals surface area contributed by atoms with Crippen LogP contribution in [-0.4, -0.2) is 25.2 Å². The quantitative estimate of drug-likeness (QED) is 0.470. The monoisotopic (exact) mass is 496 g/mol. The fourth-order valence-electron chi connectivity index (χ4n) is 3.06. The molecule has 3 aromatic carbocycles. The molecule has 0 atom stereocenters. The summed E-state index contributed by atoms with van der Waals surface area (Å²) >= 11 is 6.00. The molecule has 10 heteroatoms. The van der Waals surface area contributed by atoms with E-state index in [0.717, 1.165) is 28.1 Å². The van der Waals surface area contributed by atoms with Crippen molar-refractivity contribution in [1.82, 2.24) is 4.31 Å². The van der Waals surface area contributed by atoms with E-state index >= 15 is 0 Å². The van der Waals surface area contributed by atoms with Gasteiger partial charge in [-0.1, -0.05) is 47.5 Å². The molecule has 0 heterocycles. The largest absolute Gasteiger partial charge is 0.416 e. The molecule has 1 N–H and O–H groups in total. The Kier molecular flexibility index (Phi) is 7.46. The summed E-state index contributed by atoms with van der Waals surface area (Å²) in [5.41, 5.74) is 0.385. The van der Waals surface area contributed by atoms with Crippen LogP contribution in [-0.2, 0) is 27.5 Å². The SMILES string of the molecule is Cc1ccc(S(=O)(=O)N(CC(=O)Nc2cccc(C(F)(F)F)c2)Cc2cccc(Cl)c2)cc1. The van der Waals surface area contributed by atoms with E-state index in [1.165, 1.54) is 18.2 Å². The van der Waals surface area contributed by atoms with Crippen LogP contribution in [0.3, 0.4) is 0 Å². The van der Waals surface area contributed by atoms with Crippen LogP contribution in [0.25, 0.3) is 0 Å². The number of hydrogen-bond donors (Lipinski definition) is 1. The van der Waals surface area contributed by atoms with Crippen molar-refractivity contribution in [2.45, 2.75) is 24.5 Å². The molecule has 0 fully saturated rings. The molecule has 0 aliphatic rings. The Morgan fingerprint density at radius 2 is 1.67 bits per heavy atom. The average molecular weight is 497 g/mol. The summed E-state index contributed by atoms with van der Waals surface area (Å²) in [5.74, 6) is -0.785. The van der Waals surface area contributed by atoms with Gasteiger partial charge in [0.1, 0.15) is 0 Å². The maximum absolute atomic E-state index is 13.3. The first-order chi connectivity index (χ1) is 15.4. The van der Waals surface area contributed by atoms with Gasteiger partial charge in [0, 0.05) is 17.3 Å². The molecule has 33 heavy (non-hydrogen) atoms. The Balaban J connectivity index is 1.87. The second-order valence-corrected chi connectivity index (χ2v) is 9.72. The molecule has 0 unspecified atom stereocenters. The number of hydrogen-bond acceptors (Lipinski definition) is 3. The third kappa shape index (κ3) is 6.56. The molecular weight excluding hydrogens is 477 g/mol. The van der Waals surface area contributed by atoms with E-state index in [-0.39, 0.29) is 17.1 Å². The Hall–Kier alpha value is -2.88. The highest BCUT2D eigenvalue weighted by Crippen LogP contribution is 2.30. The van der Waals surface area contributed by atoms with Gasteiger partial charge in [0.05, 0.1) is 17.0 Å². The predicted octanol–water partition coefficient (Wildman–Crippen LogP) is 5.50. The Labute approximate surface area is 194 Å². The minimum absolute atomic E-state index is 0.0120. The van der Waals surface area contributed by atoms with Crippen molar-refractivity contribution in [3.63, 3.8) is 0 Å². The molecule has 1 amide bonds. The minimum Gasteiger partial charge on any atom is -0.325 e. The zero-order chi connectivity index (χ0) is 24.2. The normalized spacial score (nSPS) is 12.1. The first kappa shape index (κ1) is 24.8. The van der Waals surface area contributed by atoms with Gasteiger partial charge in [0.15, 0.2) is 0 Å². The summed E-state index contributed by atoms with van der Waals surface area (Å²) in [6.45, 7) is 1.04. The maximum Gasteiger partial charge on any atom is 0.416 e. The summed E-state index contributed by atoms with van der Waals surface area (Å²) in [4.78, 5) is 12.6. The van der Waals surface area contributed by atoms with Crippen LogP contribution >= 0.6 is 11.6 Å². The van der Waals surface area contributed by atoms with Crippen LogP contribution in [0.4, 0.5) is 18.9 Å². The molecule has 0 saturated heterocycles. The number of benzene rings is 3. The highest BCUT2D eigenvalue weighted by Gasteiger charge is 2.31. The highest BCUT2D eigenvalue weighted by molar-refractivity contribution is 7.89. The van der Waals surface area contributed by atoms with Crippen LogP contribution in [0.1, 0.15) is 16.7 Å². The Morgan fingerprint density at radius 3 is 2.30 bits per heavy atom. The van der Waals surface area contributed by atoms with Gasteiger partial charge in [-0.05, 0) is 55.0 Å². The number of halogens is 4. The van der Waals surface area contributed by atoms with E-state index in [4.69, 9.17) is 11.6 Å². The Morgan fingerprint density at radius 1 is 1.00 bits per heavy atom. The Bertz CT molecular complexity index is 1250. The lowest BCUT2D eigenvalue weighted by Gasteiger charge is -2.22. The molecule has 174 valence electrons. The number of nitrogens with zero attached hydrogens (tertiary/aromatic N) is 1. The van der Waals surface area contributed by atoms with Gasteiger partial charge in [-0.3, -0.25) is 4.79 Å². The number of nitrogens with one attached hydrogen (secondary N) is 1. The van der Waals surface area contributed by atoms with E-state index < -0.39 is 34.2 Å². The number of rotatable bonds is 7. The van der Waals surface area contributed by atoms with Crippen LogP contribution in [0.5, 0.6) is 0 Å². The molecule has 3 aromatic rings. The average Bonchev–Trinajstić information content (AvgIpc) is 2.73. The van der Waals surface area contributed by atoms with Crippen molar-refractivity contribution >= 4 is 33.2 Å². The highest BCUT2D eigenvalue weighted by atomic mass is 35.5. The fourth-order valence-corrected chi connectivity index (χ4v) is 4.66. The minimum atomic E-state index is -4.58. The zero-order valence-corrected chi connectivity index (χ0v) is 19.0. The van der Waals surface area contributed by atoms with Crippen molar-refractivity contribution in [3.8, 4) is 0 Å². The van der Waals surface area contributed by atoms with Gasteiger partial charge in [0.2, 0.25) is 15.9 Å². The number of aryl methyl sites for hydroxylation is 1. The van der Waals surface area contributed by atoms with E-state index in [1.54, 1.807) is 36.4 Å². The number of carbonyl (C=O) groups excluding carboxylic acids is 1. The van der Waals surface area contributed by atoms with Crippen LogP contribution < -0.4 is 5.32 Å². The summed E-state index contributed by atoms with van der Waals surface area (Å²) in [5, 5.41) is 2.74. The molecule has 0 radical (unpaired) electrons. The summed E-state index contributed by atoms with van der Waals surface area (Å²) in [7, 11) is -4.10. The second kappa shape index (κ2) is 9.94. The van der Waals surface area contributed by atoms with Gasteiger partial charge in [-0.2, -0.15) is 17.5 Å². The standard InChI is InChI=1S/C23H20ClF3N2O3S/c1-16-8-10-21(11-9-16)33(31,32)29(14-17-4-2-6-19(24)12-17)15-22(30)28-20-7-3-5-18(13-20)23(25,26)27/h2-13H,14-15H2,1H3,(H,28,30). The van der Waals surface area contributed by atoms with Crippen molar-refractivity contribution < 1.29 is 26.4 Å². The topological polar surface area (TPSA) is 66.5 Å². The lowest BCUT2D eigenvalue weighted by Crippen LogP contribution is -2.37. The number of alkyl halides is 3.